The third-order valence-electron chi connectivity index (χ3n) is 3.50. The second-order valence-corrected chi connectivity index (χ2v) is 4.90. The van der Waals surface area contributed by atoms with Gasteiger partial charge in [-0.15, -0.1) is 0 Å². The molecule has 0 fully saturated rings. The number of para-hydroxylation sites is 1. The van der Waals surface area contributed by atoms with Crippen molar-refractivity contribution in [3.63, 3.8) is 0 Å². The lowest BCUT2D eigenvalue weighted by atomic mass is 10.2. The summed E-state index contributed by atoms with van der Waals surface area (Å²) in [7, 11) is 0. The molecule has 0 saturated heterocycles. The number of hydrogen-bond acceptors (Lipinski definition) is 2. The smallest absolute Gasteiger partial charge is 0.243 e. The number of nitrogens with one attached hydrogen (secondary N) is 1. The van der Waals surface area contributed by atoms with Crippen LogP contribution in [0.5, 0.6) is 0 Å². The van der Waals surface area contributed by atoms with Gasteiger partial charge in [0.25, 0.3) is 0 Å². The van der Waals surface area contributed by atoms with Gasteiger partial charge in [-0.1, -0.05) is 31.5 Å². The molecule has 2 rings (SSSR count). The summed E-state index contributed by atoms with van der Waals surface area (Å²) in [6, 6.07) is 8.09. The molecule has 1 N–H and O–H groups in total. The van der Waals surface area contributed by atoms with Gasteiger partial charge in [-0.3, -0.25) is 4.79 Å². The highest BCUT2D eigenvalue weighted by Crippen LogP contribution is 2.27. The van der Waals surface area contributed by atoms with Gasteiger partial charge in [0.15, 0.2) is 0 Å². The van der Waals surface area contributed by atoms with E-state index in [1.807, 2.05) is 30.0 Å². The van der Waals surface area contributed by atoms with Crippen LogP contribution in [0, 0.1) is 0 Å². The molecule has 98 valence electrons. The minimum absolute atomic E-state index is 0.0947. The van der Waals surface area contributed by atoms with Gasteiger partial charge in [0, 0.05) is 12.2 Å². The summed E-state index contributed by atoms with van der Waals surface area (Å²) in [6.45, 7) is 5.85. The molecule has 1 amide bonds. The van der Waals surface area contributed by atoms with Crippen LogP contribution >= 0.6 is 0 Å². The molecule has 0 aromatic heterocycles. The molecule has 1 aliphatic heterocycles. The van der Waals surface area contributed by atoms with E-state index in [-0.39, 0.29) is 11.9 Å². The highest BCUT2D eigenvalue weighted by molar-refractivity contribution is 5.98. The molecule has 0 spiro atoms. The Morgan fingerprint density at radius 3 is 3.00 bits per heavy atom. The van der Waals surface area contributed by atoms with Crippen LogP contribution in [0.15, 0.2) is 24.3 Å². The Labute approximate surface area is 109 Å². The van der Waals surface area contributed by atoms with E-state index in [4.69, 9.17) is 0 Å². The van der Waals surface area contributed by atoms with Crippen LogP contribution in [0.3, 0.4) is 0 Å². The van der Waals surface area contributed by atoms with Gasteiger partial charge >= 0.3 is 0 Å². The normalized spacial score (nSPS) is 15.6. The molecule has 0 radical (unpaired) electrons. The van der Waals surface area contributed by atoms with Gasteiger partial charge in [0.05, 0.1) is 6.04 Å². The van der Waals surface area contributed by atoms with E-state index in [0.29, 0.717) is 0 Å². The molecule has 1 aromatic rings. The quantitative estimate of drug-likeness (QED) is 0.809. The Morgan fingerprint density at radius 1 is 1.44 bits per heavy atom. The van der Waals surface area contributed by atoms with Crippen LogP contribution in [0.1, 0.15) is 32.3 Å². The molecule has 1 aliphatic rings. The van der Waals surface area contributed by atoms with Crippen LogP contribution in [0.2, 0.25) is 0 Å². The first-order chi connectivity index (χ1) is 8.74. The molecule has 3 heteroatoms. The highest BCUT2D eigenvalue weighted by atomic mass is 16.2. The van der Waals surface area contributed by atoms with Gasteiger partial charge in [-0.2, -0.15) is 0 Å². The lowest BCUT2D eigenvalue weighted by Crippen LogP contribution is -2.44. The first kappa shape index (κ1) is 13.1. The molecule has 1 unspecified atom stereocenters. The fourth-order valence-electron chi connectivity index (χ4n) is 2.38. The molecular formula is C15H22N2O. The molecule has 3 nitrogen and oxygen atoms in total. The second kappa shape index (κ2) is 6.01. The molecule has 1 aromatic carbocycles. The molecule has 0 saturated carbocycles. The van der Waals surface area contributed by atoms with Crippen molar-refractivity contribution < 1.29 is 4.79 Å². The predicted molar refractivity (Wildman–Crippen MR) is 74.9 cm³/mol. The molecule has 1 heterocycles. The maximum Gasteiger partial charge on any atom is 0.243 e. The summed E-state index contributed by atoms with van der Waals surface area (Å²) in [6.07, 6.45) is 3.25. The van der Waals surface area contributed by atoms with Crippen molar-refractivity contribution >= 4 is 11.6 Å². The summed E-state index contributed by atoms with van der Waals surface area (Å²) in [5, 5.41) is 3.30. The van der Waals surface area contributed by atoms with Gasteiger partial charge < -0.3 is 10.2 Å². The predicted octanol–water partition coefficient (Wildman–Crippen LogP) is 2.35. The van der Waals surface area contributed by atoms with Crippen molar-refractivity contribution in [2.75, 3.05) is 18.0 Å². The highest BCUT2D eigenvalue weighted by Gasteiger charge is 2.27. The number of fused-ring (bicyclic) bond motifs is 1. The molecule has 1 atom stereocenters. The maximum absolute atomic E-state index is 12.4. The maximum atomic E-state index is 12.4. The minimum Gasteiger partial charge on any atom is -0.310 e. The van der Waals surface area contributed by atoms with Gasteiger partial charge in [-0.05, 0) is 37.9 Å². The van der Waals surface area contributed by atoms with E-state index in [0.717, 1.165) is 38.0 Å². The van der Waals surface area contributed by atoms with Crippen LogP contribution < -0.4 is 10.2 Å². The van der Waals surface area contributed by atoms with Crippen molar-refractivity contribution in [1.82, 2.24) is 5.32 Å². The van der Waals surface area contributed by atoms with E-state index in [9.17, 15) is 4.79 Å². The number of carbonyl (C=O) groups is 1. The van der Waals surface area contributed by atoms with Gasteiger partial charge in [0.1, 0.15) is 0 Å². The molecular weight excluding hydrogens is 224 g/mol. The number of anilines is 1. The van der Waals surface area contributed by atoms with Gasteiger partial charge in [-0.25, -0.2) is 0 Å². The van der Waals surface area contributed by atoms with Crippen LogP contribution in [0.4, 0.5) is 5.69 Å². The number of rotatable bonds is 5. The Morgan fingerprint density at radius 2 is 2.22 bits per heavy atom. The summed E-state index contributed by atoms with van der Waals surface area (Å²) in [5.74, 6) is 0.191. The zero-order chi connectivity index (χ0) is 13.0. The van der Waals surface area contributed by atoms with Gasteiger partial charge in [0.2, 0.25) is 5.91 Å². The van der Waals surface area contributed by atoms with E-state index >= 15 is 0 Å². The number of carbonyl (C=O) groups excluding carboxylic acids is 1. The number of nitrogens with zero attached hydrogens (tertiary/aromatic N) is 1. The number of hydrogen-bond donors (Lipinski definition) is 1. The fraction of sp³-hybridized carbons (Fsp3) is 0.533. The Bertz CT molecular complexity index is 417. The number of benzene rings is 1. The molecule has 0 bridgehead atoms. The first-order valence-electron chi connectivity index (χ1n) is 6.86. The molecule has 0 aliphatic carbocycles. The second-order valence-electron chi connectivity index (χ2n) is 4.90. The number of amides is 1. The van der Waals surface area contributed by atoms with E-state index < -0.39 is 0 Å². The monoisotopic (exact) mass is 246 g/mol. The van der Waals surface area contributed by atoms with Crippen LogP contribution in [-0.4, -0.2) is 25.0 Å². The van der Waals surface area contributed by atoms with Crippen molar-refractivity contribution in [1.29, 1.82) is 0 Å². The third kappa shape index (κ3) is 2.72. The van der Waals surface area contributed by atoms with E-state index in [1.165, 1.54) is 5.56 Å². The minimum atomic E-state index is -0.0947. The average molecular weight is 246 g/mol. The van der Waals surface area contributed by atoms with Crippen LogP contribution in [0.25, 0.3) is 0 Å². The summed E-state index contributed by atoms with van der Waals surface area (Å²) in [4.78, 5) is 14.3. The third-order valence-corrected chi connectivity index (χ3v) is 3.50. The lowest BCUT2D eigenvalue weighted by molar-refractivity contribution is -0.120. The summed E-state index contributed by atoms with van der Waals surface area (Å²) in [5.41, 5.74) is 2.37. The topological polar surface area (TPSA) is 32.3 Å². The lowest BCUT2D eigenvalue weighted by Gasteiger charge is -2.22. The summed E-state index contributed by atoms with van der Waals surface area (Å²) < 4.78 is 0. The van der Waals surface area contributed by atoms with Crippen LogP contribution in [-0.2, 0) is 11.2 Å². The fourth-order valence-corrected chi connectivity index (χ4v) is 2.38. The van der Waals surface area contributed by atoms with Crippen molar-refractivity contribution in [3.8, 4) is 0 Å². The van der Waals surface area contributed by atoms with Crippen molar-refractivity contribution in [3.05, 3.63) is 29.8 Å². The molecule has 18 heavy (non-hydrogen) atoms. The average Bonchev–Trinajstić information content (AvgIpc) is 2.82. The Kier molecular flexibility index (Phi) is 4.37. The zero-order valence-corrected chi connectivity index (χ0v) is 11.3. The van der Waals surface area contributed by atoms with E-state index in [1.54, 1.807) is 0 Å². The standard InChI is InChI=1S/C15H22N2O/c1-3-4-10-16-12(2)15(18)17-11-9-13-7-5-6-8-14(13)17/h5-8,12,16H,3-4,9-11H2,1-2H3. The SMILES string of the molecule is CCCCNC(C)C(=O)N1CCc2ccccc21. The first-order valence-corrected chi connectivity index (χ1v) is 6.86. The van der Waals surface area contributed by atoms with E-state index in [2.05, 4.69) is 18.3 Å². The summed E-state index contributed by atoms with van der Waals surface area (Å²) >= 11 is 0. The van der Waals surface area contributed by atoms with Crippen molar-refractivity contribution in [2.24, 2.45) is 0 Å². The Hall–Kier alpha value is -1.35. The van der Waals surface area contributed by atoms with Crippen molar-refractivity contribution in [2.45, 2.75) is 39.2 Å². The largest absolute Gasteiger partial charge is 0.310 e. The number of unbranched alkanes of at least 4 members (excludes halogenated alkanes) is 1. The Balaban J connectivity index is 1.98. The zero-order valence-electron chi connectivity index (χ0n) is 11.3.